The van der Waals surface area contributed by atoms with E-state index in [0.717, 1.165) is 47.5 Å². The van der Waals surface area contributed by atoms with Crippen LogP contribution in [0.1, 0.15) is 37.4 Å². The Morgan fingerprint density at radius 2 is 2.20 bits per heavy atom. The van der Waals surface area contributed by atoms with Crippen molar-refractivity contribution in [1.29, 1.82) is 0 Å². The maximum absolute atomic E-state index is 15.4. The summed E-state index contributed by atoms with van der Waals surface area (Å²) in [5.41, 5.74) is 1.31. The fraction of sp³-hybridized carbons (Fsp3) is 0.444. The highest BCUT2D eigenvalue weighted by atomic mass is 32.2. The Balaban J connectivity index is 1.30. The molecule has 1 saturated heterocycles. The number of alkyl halides is 1. The normalized spacial score (nSPS) is 19.5. The van der Waals surface area contributed by atoms with Crippen LogP contribution >= 0.6 is 11.8 Å². The zero-order chi connectivity index (χ0) is 24.6. The van der Waals surface area contributed by atoms with Crippen molar-refractivity contribution >= 4 is 28.6 Å². The molecule has 3 aromatic rings. The van der Waals surface area contributed by atoms with Gasteiger partial charge in [-0.1, -0.05) is 0 Å². The summed E-state index contributed by atoms with van der Waals surface area (Å²) in [6.45, 7) is 2.27. The van der Waals surface area contributed by atoms with E-state index in [1.807, 2.05) is 36.5 Å². The molecule has 6 nitrogen and oxygen atoms in total. The summed E-state index contributed by atoms with van der Waals surface area (Å²) in [5, 5.41) is 10.6. The standard InChI is InChI=1S/C27H32FN3O3S/c1-34-20-6-8-26-23(16-20)22(9-12-30-26)25(28)7-5-19-10-14-31(18-24(19)27(32)33)13-3-15-35-21-4-2-11-29-17-21/h2,4,6,8-9,11-12,16-17,19,24-25H,3,5,7,10,13-15,18H2,1H3,(H,32,33)/t19-,24+,25?/m1/s1. The van der Waals surface area contributed by atoms with Crippen molar-refractivity contribution in [3.8, 4) is 5.75 Å². The Bertz CT molecular complexity index is 1120. The number of carbonyl (C=O) groups is 1. The van der Waals surface area contributed by atoms with Gasteiger partial charge in [-0.2, -0.15) is 0 Å². The third kappa shape index (κ3) is 6.70. The first-order valence-electron chi connectivity index (χ1n) is 12.1. The number of pyridine rings is 2. The van der Waals surface area contributed by atoms with Crippen molar-refractivity contribution in [2.45, 2.75) is 36.8 Å². The molecule has 1 fully saturated rings. The number of methoxy groups -OCH3 is 1. The summed E-state index contributed by atoms with van der Waals surface area (Å²) in [7, 11) is 1.59. The molecule has 1 N–H and O–H groups in total. The number of carboxylic acids is 1. The Kier molecular flexibility index (Phi) is 8.93. The molecule has 0 aliphatic carbocycles. The number of likely N-dealkylation sites (tertiary alicyclic amines) is 1. The van der Waals surface area contributed by atoms with Crippen molar-refractivity contribution in [3.05, 3.63) is 60.6 Å². The number of aliphatic carboxylic acids is 1. The molecule has 3 atom stereocenters. The average Bonchev–Trinajstić information content (AvgIpc) is 2.89. The Hall–Kier alpha value is -2.71. The van der Waals surface area contributed by atoms with Crippen LogP contribution in [-0.4, -0.2) is 58.4 Å². The molecule has 186 valence electrons. The van der Waals surface area contributed by atoms with Gasteiger partial charge in [-0.05, 0) is 92.4 Å². The monoisotopic (exact) mass is 497 g/mol. The first-order chi connectivity index (χ1) is 17.0. The van der Waals surface area contributed by atoms with Crippen LogP contribution in [0.3, 0.4) is 0 Å². The zero-order valence-electron chi connectivity index (χ0n) is 20.0. The number of thioether (sulfide) groups is 1. The second kappa shape index (κ2) is 12.3. The molecular formula is C27H32FN3O3S. The number of ether oxygens (including phenoxy) is 1. The molecule has 3 heterocycles. The van der Waals surface area contributed by atoms with E-state index in [0.29, 0.717) is 30.7 Å². The van der Waals surface area contributed by atoms with Crippen LogP contribution in [0.15, 0.2) is 59.9 Å². The lowest BCUT2D eigenvalue weighted by Gasteiger charge is -2.36. The van der Waals surface area contributed by atoms with Gasteiger partial charge in [0.05, 0.1) is 18.5 Å². The van der Waals surface area contributed by atoms with Crippen molar-refractivity contribution < 1.29 is 19.0 Å². The molecule has 1 aromatic carbocycles. The van der Waals surface area contributed by atoms with Crippen LogP contribution in [0.4, 0.5) is 4.39 Å². The maximum atomic E-state index is 15.4. The first-order valence-corrected chi connectivity index (χ1v) is 13.1. The molecular weight excluding hydrogens is 465 g/mol. The molecule has 0 amide bonds. The minimum atomic E-state index is -1.18. The number of fused-ring (bicyclic) bond motifs is 1. The summed E-state index contributed by atoms with van der Waals surface area (Å²) >= 11 is 1.77. The molecule has 4 rings (SSSR count). The molecule has 1 unspecified atom stereocenters. The number of nitrogens with zero attached hydrogens (tertiary/aromatic N) is 3. The van der Waals surface area contributed by atoms with Gasteiger partial charge in [-0.3, -0.25) is 14.8 Å². The Morgan fingerprint density at radius 3 is 2.97 bits per heavy atom. The lowest BCUT2D eigenvalue weighted by atomic mass is 9.81. The van der Waals surface area contributed by atoms with Crippen LogP contribution < -0.4 is 4.74 Å². The van der Waals surface area contributed by atoms with Gasteiger partial charge in [-0.15, -0.1) is 11.8 Å². The molecule has 1 aliphatic heterocycles. The van der Waals surface area contributed by atoms with Gasteiger partial charge >= 0.3 is 5.97 Å². The van der Waals surface area contributed by atoms with E-state index in [1.165, 1.54) is 0 Å². The van der Waals surface area contributed by atoms with E-state index in [4.69, 9.17) is 4.74 Å². The second-order valence-corrected chi connectivity index (χ2v) is 10.2. The quantitative estimate of drug-likeness (QED) is 0.272. The summed E-state index contributed by atoms with van der Waals surface area (Å²) in [5.74, 6) is 0.373. The maximum Gasteiger partial charge on any atom is 0.308 e. The molecule has 1 aliphatic rings. The smallest absolute Gasteiger partial charge is 0.308 e. The fourth-order valence-electron chi connectivity index (χ4n) is 4.87. The predicted octanol–water partition coefficient (Wildman–Crippen LogP) is 5.63. The highest BCUT2D eigenvalue weighted by Crippen LogP contribution is 2.35. The van der Waals surface area contributed by atoms with Crippen molar-refractivity contribution in [2.75, 3.05) is 32.5 Å². The molecule has 35 heavy (non-hydrogen) atoms. The number of carboxylic acid groups (broad SMARTS) is 1. The van der Waals surface area contributed by atoms with Crippen LogP contribution in [0.2, 0.25) is 0 Å². The minimum absolute atomic E-state index is 0.0191. The molecule has 0 spiro atoms. The largest absolute Gasteiger partial charge is 0.497 e. The fourth-order valence-corrected chi connectivity index (χ4v) is 5.69. The summed E-state index contributed by atoms with van der Waals surface area (Å²) in [4.78, 5) is 23.9. The number of piperidine rings is 1. The van der Waals surface area contributed by atoms with Crippen LogP contribution in [0.5, 0.6) is 5.75 Å². The molecule has 0 radical (unpaired) electrons. The molecule has 2 aromatic heterocycles. The molecule has 0 bridgehead atoms. The summed E-state index contributed by atoms with van der Waals surface area (Å²) < 4.78 is 20.7. The predicted molar refractivity (Wildman–Crippen MR) is 137 cm³/mol. The third-order valence-electron chi connectivity index (χ3n) is 6.79. The number of hydrogen-bond donors (Lipinski definition) is 1. The highest BCUT2D eigenvalue weighted by Gasteiger charge is 2.34. The van der Waals surface area contributed by atoms with E-state index in [9.17, 15) is 9.90 Å². The third-order valence-corrected chi connectivity index (χ3v) is 7.86. The molecule has 0 saturated carbocycles. The van der Waals surface area contributed by atoms with Crippen molar-refractivity contribution in [2.24, 2.45) is 11.8 Å². The summed E-state index contributed by atoms with van der Waals surface area (Å²) in [6.07, 6.45) is 6.70. The topological polar surface area (TPSA) is 75.5 Å². The minimum Gasteiger partial charge on any atom is -0.497 e. The van der Waals surface area contributed by atoms with E-state index in [1.54, 1.807) is 37.3 Å². The average molecular weight is 498 g/mol. The SMILES string of the molecule is COc1ccc2nccc(C(F)CC[C@@H]3CCN(CCCSc4cccnc4)C[C@@H]3C(=O)O)c2c1. The van der Waals surface area contributed by atoms with Crippen molar-refractivity contribution in [1.82, 2.24) is 14.9 Å². The van der Waals surface area contributed by atoms with Gasteiger partial charge in [-0.25, -0.2) is 4.39 Å². The zero-order valence-corrected chi connectivity index (χ0v) is 20.8. The number of rotatable bonds is 11. The second-order valence-electron chi connectivity index (χ2n) is 9.01. The number of aromatic nitrogens is 2. The van der Waals surface area contributed by atoms with Crippen LogP contribution in [0, 0.1) is 11.8 Å². The summed E-state index contributed by atoms with van der Waals surface area (Å²) in [6, 6.07) is 11.2. The van der Waals surface area contributed by atoms with Gasteiger partial charge in [0.15, 0.2) is 0 Å². The van der Waals surface area contributed by atoms with Crippen molar-refractivity contribution in [3.63, 3.8) is 0 Å². The van der Waals surface area contributed by atoms with E-state index >= 15 is 4.39 Å². The van der Waals surface area contributed by atoms with Gasteiger partial charge in [0.2, 0.25) is 0 Å². The highest BCUT2D eigenvalue weighted by molar-refractivity contribution is 7.99. The number of hydrogen-bond acceptors (Lipinski definition) is 6. The lowest BCUT2D eigenvalue weighted by molar-refractivity contribution is -0.146. The van der Waals surface area contributed by atoms with Crippen LogP contribution in [-0.2, 0) is 4.79 Å². The van der Waals surface area contributed by atoms with Crippen LogP contribution in [0.25, 0.3) is 10.9 Å². The first kappa shape index (κ1) is 25.4. The number of benzene rings is 1. The van der Waals surface area contributed by atoms with E-state index in [-0.39, 0.29) is 5.92 Å². The van der Waals surface area contributed by atoms with E-state index in [2.05, 4.69) is 14.9 Å². The Labute approximate surface area is 209 Å². The van der Waals surface area contributed by atoms with E-state index < -0.39 is 18.1 Å². The van der Waals surface area contributed by atoms with Gasteiger partial charge < -0.3 is 14.7 Å². The van der Waals surface area contributed by atoms with Gasteiger partial charge in [0, 0.05) is 35.4 Å². The van der Waals surface area contributed by atoms with Gasteiger partial charge in [0.25, 0.3) is 0 Å². The number of halogens is 1. The lowest BCUT2D eigenvalue weighted by Crippen LogP contribution is -2.44. The molecule has 8 heteroatoms. The Morgan fingerprint density at radius 1 is 1.31 bits per heavy atom. The van der Waals surface area contributed by atoms with Gasteiger partial charge in [0.1, 0.15) is 11.9 Å².